The molecule has 170 valence electrons. The van der Waals surface area contributed by atoms with E-state index in [4.69, 9.17) is 4.42 Å². The highest BCUT2D eigenvalue weighted by atomic mass is 32.1. The summed E-state index contributed by atoms with van der Waals surface area (Å²) in [6.07, 6.45) is 5.11. The molecule has 6 aromatic rings. The van der Waals surface area contributed by atoms with Gasteiger partial charge in [-0.2, -0.15) is 5.10 Å². The van der Waals surface area contributed by atoms with Gasteiger partial charge in [-0.3, -0.25) is 14.9 Å². The molecule has 1 amide bonds. The number of carbonyl (C=O) groups excluding carboxylic acids is 1. The Kier molecular flexibility index (Phi) is 5.16. The molecule has 0 saturated carbocycles. The van der Waals surface area contributed by atoms with Gasteiger partial charge in [-0.05, 0) is 48.9 Å². The number of anilines is 1. The molecule has 0 unspecified atom stereocenters. The van der Waals surface area contributed by atoms with Crippen molar-refractivity contribution in [1.29, 1.82) is 0 Å². The van der Waals surface area contributed by atoms with Gasteiger partial charge < -0.3 is 9.73 Å². The van der Waals surface area contributed by atoms with Crippen LogP contribution in [0.3, 0.4) is 0 Å². The first-order valence-corrected chi connectivity index (χ1v) is 11.7. The van der Waals surface area contributed by atoms with Gasteiger partial charge in [0.2, 0.25) is 5.89 Å². The lowest BCUT2D eigenvalue weighted by Crippen LogP contribution is -2.12. The molecular weight excluding hydrogens is 460 g/mol. The van der Waals surface area contributed by atoms with Gasteiger partial charge in [0.25, 0.3) is 5.91 Å². The highest BCUT2D eigenvalue weighted by molar-refractivity contribution is 7.13. The maximum Gasteiger partial charge on any atom is 0.275 e. The number of hydrogen-bond donors (Lipinski definition) is 2. The van der Waals surface area contributed by atoms with Gasteiger partial charge >= 0.3 is 0 Å². The van der Waals surface area contributed by atoms with Crippen LogP contribution in [0.2, 0.25) is 0 Å². The molecule has 0 fully saturated rings. The fourth-order valence-corrected chi connectivity index (χ4v) is 4.54. The Morgan fingerprint density at radius 2 is 1.83 bits per heavy atom. The van der Waals surface area contributed by atoms with Crippen LogP contribution < -0.4 is 5.32 Å². The number of fused-ring (bicyclic) bond motifs is 1. The predicted octanol–water partition coefficient (Wildman–Crippen LogP) is 5.96. The van der Waals surface area contributed by atoms with Crippen LogP contribution in [-0.2, 0) is 0 Å². The van der Waals surface area contributed by atoms with Crippen molar-refractivity contribution in [2.24, 2.45) is 0 Å². The number of benzene rings is 2. The molecule has 4 aromatic heterocycles. The van der Waals surface area contributed by atoms with Gasteiger partial charge in [-0.15, -0.1) is 11.3 Å². The maximum absolute atomic E-state index is 12.7. The zero-order valence-corrected chi connectivity index (χ0v) is 19.3. The molecule has 6 rings (SSSR count). The lowest BCUT2D eigenvalue weighted by Gasteiger charge is -2.05. The van der Waals surface area contributed by atoms with Gasteiger partial charge in [-0.1, -0.05) is 18.2 Å². The number of nitrogens with zero attached hydrogens (tertiary/aromatic N) is 4. The first-order valence-electron chi connectivity index (χ1n) is 10.8. The van der Waals surface area contributed by atoms with E-state index in [-0.39, 0.29) is 5.91 Å². The standard InChI is InChI=1S/C26H18N6O2S/c1-15-2-7-20-22(12-15)34-25(30-20)19-13-28-32-23(19)16-3-5-18(6-4-16)29-24(33)21-14-35-26(31-21)17-8-10-27-11-9-17/h2-14H,1H3,(H,28,32)(H,29,33). The number of H-pyrrole nitrogens is 1. The van der Waals surface area contributed by atoms with Crippen LogP contribution in [0.1, 0.15) is 16.1 Å². The molecule has 2 aromatic carbocycles. The largest absolute Gasteiger partial charge is 0.436 e. The lowest BCUT2D eigenvalue weighted by atomic mass is 10.1. The lowest BCUT2D eigenvalue weighted by molar-refractivity contribution is 0.102. The molecule has 9 heteroatoms. The monoisotopic (exact) mass is 478 g/mol. The average Bonchev–Trinajstić information content (AvgIpc) is 3.64. The molecule has 0 atom stereocenters. The molecule has 4 heterocycles. The van der Waals surface area contributed by atoms with Crippen LogP contribution in [0.5, 0.6) is 0 Å². The van der Waals surface area contributed by atoms with E-state index < -0.39 is 0 Å². The van der Waals surface area contributed by atoms with Crippen LogP contribution in [0.15, 0.2) is 83.0 Å². The minimum absolute atomic E-state index is 0.265. The fraction of sp³-hybridized carbons (Fsp3) is 0.0385. The van der Waals surface area contributed by atoms with Crippen LogP contribution in [0.25, 0.3) is 44.4 Å². The third kappa shape index (κ3) is 4.09. The number of aromatic nitrogens is 5. The minimum Gasteiger partial charge on any atom is -0.436 e. The van der Waals surface area contributed by atoms with Gasteiger partial charge in [0.15, 0.2) is 5.58 Å². The predicted molar refractivity (Wildman–Crippen MR) is 135 cm³/mol. The minimum atomic E-state index is -0.265. The number of amides is 1. The Labute approximate surface area is 203 Å². The van der Waals surface area contributed by atoms with Crippen LogP contribution >= 0.6 is 11.3 Å². The van der Waals surface area contributed by atoms with Crippen LogP contribution in [-0.4, -0.2) is 31.1 Å². The molecule has 0 spiro atoms. The molecule has 0 bridgehead atoms. The third-order valence-corrected chi connectivity index (χ3v) is 6.40. The Balaban J connectivity index is 1.21. The molecule has 0 aliphatic rings. The second-order valence-corrected chi connectivity index (χ2v) is 8.81. The van der Waals surface area contributed by atoms with Gasteiger partial charge in [0.1, 0.15) is 16.2 Å². The van der Waals surface area contributed by atoms with E-state index in [0.717, 1.165) is 44.1 Å². The van der Waals surface area contributed by atoms with Crippen molar-refractivity contribution in [2.45, 2.75) is 6.92 Å². The smallest absolute Gasteiger partial charge is 0.275 e. The number of hydrogen-bond acceptors (Lipinski definition) is 7. The zero-order valence-electron chi connectivity index (χ0n) is 18.5. The topological polar surface area (TPSA) is 110 Å². The molecular formula is C26H18N6O2S. The highest BCUT2D eigenvalue weighted by Gasteiger charge is 2.17. The van der Waals surface area contributed by atoms with E-state index >= 15 is 0 Å². The van der Waals surface area contributed by atoms with Crippen molar-refractivity contribution in [1.82, 2.24) is 25.1 Å². The normalized spacial score (nSPS) is 11.1. The van der Waals surface area contributed by atoms with Gasteiger partial charge in [0.05, 0.1) is 17.5 Å². The number of carbonyl (C=O) groups is 1. The number of aryl methyl sites for hydroxylation is 1. The average molecular weight is 479 g/mol. The summed E-state index contributed by atoms with van der Waals surface area (Å²) in [5, 5.41) is 12.6. The van der Waals surface area contributed by atoms with Crippen molar-refractivity contribution >= 4 is 34.0 Å². The summed E-state index contributed by atoms with van der Waals surface area (Å²) in [6, 6.07) is 17.1. The SMILES string of the molecule is Cc1ccc2nc(-c3cn[nH]c3-c3ccc(NC(=O)c4csc(-c5ccncc5)n4)cc3)oc2c1. The zero-order chi connectivity index (χ0) is 23.8. The summed E-state index contributed by atoms with van der Waals surface area (Å²) in [4.78, 5) is 25.8. The fourth-order valence-electron chi connectivity index (χ4n) is 3.74. The molecule has 0 aliphatic carbocycles. The van der Waals surface area contributed by atoms with Crippen molar-refractivity contribution in [3.63, 3.8) is 0 Å². The number of pyridine rings is 1. The van der Waals surface area contributed by atoms with E-state index in [9.17, 15) is 4.79 Å². The Morgan fingerprint density at radius 3 is 2.66 bits per heavy atom. The summed E-state index contributed by atoms with van der Waals surface area (Å²) in [7, 11) is 0. The molecule has 35 heavy (non-hydrogen) atoms. The van der Waals surface area contributed by atoms with E-state index in [1.807, 2.05) is 61.5 Å². The van der Waals surface area contributed by atoms with Crippen molar-refractivity contribution < 1.29 is 9.21 Å². The number of aromatic amines is 1. The van der Waals surface area contributed by atoms with Crippen LogP contribution in [0, 0.1) is 6.92 Å². The molecule has 2 N–H and O–H groups in total. The van der Waals surface area contributed by atoms with Gasteiger partial charge in [-0.25, -0.2) is 9.97 Å². The summed E-state index contributed by atoms with van der Waals surface area (Å²) in [6.45, 7) is 2.01. The second kappa shape index (κ2) is 8.62. The van der Waals surface area contributed by atoms with Crippen molar-refractivity contribution in [3.8, 4) is 33.3 Å². The van der Waals surface area contributed by atoms with Gasteiger partial charge in [0, 0.05) is 34.6 Å². The Hall–Kier alpha value is -4.63. The third-order valence-electron chi connectivity index (χ3n) is 5.51. The summed E-state index contributed by atoms with van der Waals surface area (Å²) < 4.78 is 5.98. The quantitative estimate of drug-likeness (QED) is 0.316. The van der Waals surface area contributed by atoms with Crippen molar-refractivity contribution in [3.05, 3.63) is 89.8 Å². The first kappa shape index (κ1) is 20.9. The number of oxazole rings is 1. The molecule has 0 saturated heterocycles. The Bertz CT molecular complexity index is 1650. The van der Waals surface area contributed by atoms with E-state index in [0.29, 0.717) is 17.3 Å². The van der Waals surface area contributed by atoms with E-state index in [1.54, 1.807) is 24.0 Å². The van der Waals surface area contributed by atoms with Crippen molar-refractivity contribution in [2.75, 3.05) is 5.32 Å². The van der Waals surface area contributed by atoms with E-state index in [2.05, 4.69) is 30.5 Å². The molecule has 0 radical (unpaired) electrons. The number of rotatable bonds is 5. The molecule has 0 aliphatic heterocycles. The summed E-state index contributed by atoms with van der Waals surface area (Å²) in [5.74, 6) is 0.235. The highest BCUT2D eigenvalue weighted by Crippen LogP contribution is 2.32. The maximum atomic E-state index is 12.7. The summed E-state index contributed by atoms with van der Waals surface area (Å²) >= 11 is 1.42. The Morgan fingerprint density at radius 1 is 1.00 bits per heavy atom. The number of thiazole rings is 1. The van der Waals surface area contributed by atoms with Crippen LogP contribution in [0.4, 0.5) is 5.69 Å². The molecule has 8 nitrogen and oxygen atoms in total. The first-order chi connectivity index (χ1) is 17.1. The number of nitrogens with one attached hydrogen (secondary N) is 2. The van der Waals surface area contributed by atoms with E-state index in [1.165, 1.54) is 11.3 Å². The summed E-state index contributed by atoms with van der Waals surface area (Å²) in [5.41, 5.74) is 7.04. The second-order valence-electron chi connectivity index (χ2n) is 7.95.